The number of anilines is 1. The standard InChI is InChI=1S/C20H27N5O3/c1-4-14-5-6-16(15(11-14)20(27)28-13(2)3)22-19(26)17-7-8-18(24-23-17)25-10-9-21-12-25/h5-6,9-13,17-18,23-24H,4,7-8H2,1-3H3,(H,22,26). The maximum atomic E-state index is 12.7. The van der Waals surface area contributed by atoms with Gasteiger partial charge in [0, 0.05) is 12.4 Å². The molecule has 8 nitrogen and oxygen atoms in total. The van der Waals surface area contributed by atoms with Gasteiger partial charge in [-0.15, -0.1) is 0 Å². The number of esters is 1. The van der Waals surface area contributed by atoms with E-state index in [1.807, 2.05) is 23.8 Å². The molecule has 0 radical (unpaired) electrons. The van der Waals surface area contributed by atoms with Crippen LogP contribution in [-0.2, 0) is 16.0 Å². The van der Waals surface area contributed by atoms with Crippen LogP contribution in [0.15, 0.2) is 36.9 Å². The normalized spacial score (nSPS) is 19.4. The maximum Gasteiger partial charge on any atom is 0.340 e. The van der Waals surface area contributed by atoms with E-state index >= 15 is 0 Å². The third kappa shape index (κ3) is 4.76. The number of ether oxygens (including phenoxy) is 1. The number of amides is 1. The summed E-state index contributed by atoms with van der Waals surface area (Å²) in [6.07, 6.45) is 7.37. The molecule has 1 aromatic heterocycles. The van der Waals surface area contributed by atoms with Crippen molar-refractivity contribution >= 4 is 17.6 Å². The number of hydrazine groups is 1. The Bertz CT molecular complexity index is 811. The quantitative estimate of drug-likeness (QED) is 0.661. The molecule has 2 atom stereocenters. The van der Waals surface area contributed by atoms with Gasteiger partial charge in [-0.2, -0.15) is 0 Å². The van der Waals surface area contributed by atoms with Crippen LogP contribution in [-0.4, -0.2) is 33.6 Å². The van der Waals surface area contributed by atoms with Crippen molar-refractivity contribution in [3.63, 3.8) is 0 Å². The van der Waals surface area contributed by atoms with E-state index in [1.54, 1.807) is 38.5 Å². The second-order valence-electron chi connectivity index (χ2n) is 7.12. The Morgan fingerprint density at radius 2 is 2.14 bits per heavy atom. The number of aromatic nitrogens is 2. The fourth-order valence-electron chi connectivity index (χ4n) is 3.13. The topological polar surface area (TPSA) is 97.3 Å². The number of carbonyl (C=O) groups is 2. The summed E-state index contributed by atoms with van der Waals surface area (Å²) in [5, 5.41) is 2.87. The zero-order valence-electron chi connectivity index (χ0n) is 16.4. The minimum atomic E-state index is -0.435. The number of hydrogen-bond acceptors (Lipinski definition) is 6. The average Bonchev–Trinajstić information content (AvgIpc) is 3.22. The van der Waals surface area contributed by atoms with E-state index in [-0.39, 0.29) is 18.2 Å². The molecule has 1 saturated heterocycles. The fraction of sp³-hybridized carbons (Fsp3) is 0.450. The molecule has 150 valence electrons. The first-order valence-electron chi connectivity index (χ1n) is 9.61. The van der Waals surface area contributed by atoms with Crippen LogP contribution in [0.4, 0.5) is 5.69 Å². The van der Waals surface area contributed by atoms with Crippen LogP contribution in [0.2, 0.25) is 0 Å². The number of benzene rings is 1. The molecular formula is C20H27N5O3. The monoisotopic (exact) mass is 385 g/mol. The van der Waals surface area contributed by atoms with E-state index in [1.165, 1.54) is 0 Å². The number of imidazole rings is 1. The molecule has 0 bridgehead atoms. The molecule has 8 heteroatoms. The van der Waals surface area contributed by atoms with E-state index in [0.717, 1.165) is 18.4 Å². The Balaban J connectivity index is 1.67. The number of nitrogens with one attached hydrogen (secondary N) is 3. The second kappa shape index (κ2) is 8.99. The van der Waals surface area contributed by atoms with Crippen LogP contribution < -0.4 is 16.2 Å². The molecule has 1 aromatic carbocycles. The molecule has 1 amide bonds. The molecule has 0 saturated carbocycles. The summed E-state index contributed by atoms with van der Waals surface area (Å²) >= 11 is 0. The summed E-state index contributed by atoms with van der Waals surface area (Å²) in [5.74, 6) is -0.630. The van der Waals surface area contributed by atoms with Gasteiger partial charge >= 0.3 is 5.97 Å². The lowest BCUT2D eigenvalue weighted by Gasteiger charge is -2.31. The molecule has 0 spiro atoms. The summed E-state index contributed by atoms with van der Waals surface area (Å²) in [7, 11) is 0. The van der Waals surface area contributed by atoms with Crippen molar-refractivity contribution < 1.29 is 14.3 Å². The summed E-state index contributed by atoms with van der Waals surface area (Å²) in [5.41, 5.74) is 8.04. The first-order valence-corrected chi connectivity index (χ1v) is 9.61. The fourth-order valence-corrected chi connectivity index (χ4v) is 3.13. The Morgan fingerprint density at radius 1 is 1.32 bits per heavy atom. The smallest absolute Gasteiger partial charge is 0.340 e. The van der Waals surface area contributed by atoms with Gasteiger partial charge in [-0.25, -0.2) is 20.6 Å². The van der Waals surface area contributed by atoms with Crippen LogP contribution in [0.5, 0.6) is 0 Å². The Hall–Kier alpha value is -2.71. The summed E-state index contributed by atoms with van der Waals surface area (Å²) in [6, 6.07) is 5.04. The summed E-state index contributed by atoms with van der Waals surface area (Å²) < 4.78 is 7.28. The number of aryl methyl sites for hydroxylation is 1. The van der Waals surface area contributed by atoms with Crippen LogP contribution in [0.1, 0.15) is 55.7 Å². The molecule has 3 N–H and O–H groups in total. The minimum Gasteiger partial charge on any atom is -0.459 e. The molecule has 2 unspecified atom stereocenters. The third-order valence-corrected chi connectivity index (χ3v) is 4.67. The van der Waals surface area contributed by atoms with E-state index in [2.05, 4.69) is 21.2 Å². The van der Waals surface area contributed by atoms with Gasteiger partial charge in [0.15, 0.2) is 0 Å². The highest BCUT2D eigenvalue weighted by Crippen LogP contribution is 2.22. The van der Waals surface area contributed by atoms with Gasteiger partial charge in [-0.05, 0) is 50.8 Å². The molecule has 1 aliphatic rings. The zero-order chi connectivity index (χ0) is 20.1. The molecule has 0 aliphatic carbocycles. The van der Waals surface area contributed by atoms with E-state index in [0.29, 0.717) is 17.7 Å². The Morgan fingerprint density at radius 3 is 2.75 bits per heavy atom. The molecule has 1 aliphatic heterocycles. The third-order valence-electron chi connectivity index (χ3n) is 4.67. The van der Waals surface area contributed by atoms with Crippen LogP contribution in [0.25, 0.3) is 0 Å². The van der Waals surface area contributed by atoms with Crippen molar-refractivity contribution in [3.8, 4) is 0 Å². The van der Waals surface area contributed by atoms with Crippen molar-refractivity contribution in [2.75, 3.05) is 5.32 Å². The number of rotatable bonds is 6. The van der Waals surface area contributed by atoms with Crippen molar-refractivity contribution in [2.24, 2.45) is 0 Å². The maximum absolute atomic E-state index is 12.7. The Kier molecular flexibility index (Phi) is 6.43. The summed E-state index contributed by atoms with van der Waals surface area (Å²) in [6.45, 7) is 5.61. The predicted molar refractivity (Wildman–Crippen MR) is 106 cm³/mol. The van der Waals surface area contributed by atoms with Crippen molar-refractivity contribution in [3.05, 3.63) is 48.0 Å². The van der Waals surface area contributed by atoms with Gasteiger partial charge in [0.25, 0.3) is 0 Å². The van der Waals surface area contributed by atoms with E-state index in [9.17, 15) is 9.59 Å². The molecule has 1 fully saturated rings. The van der Waals surface area contributed by atoms with Gasteiger partial charge in [-0.1, -0.05) is 13.0 Å². The minimum absolute atomic E-state index is 0.0481. The second-order valence-corrected chi connectivity index (χ2v) is 7.12. The van der Waals surface area contributed by atoms with E-state index in [4.69, 9.17) is 4.74 Å². The van der Waals surface area contributed by atoms with Crippen molar-refractivity contribution in [2.45, 2.75) is 58.3 Å². The predicted octanol–water partition coefficient (Wildman–Crippen LogP) is 2.40. The highest BCUT2D eigenvalue weighted by molar-refractivity contribution is 6.03. The summed E-state index contributed by atoms with van der Waals surface area (Å²) in [4.78, 5) is 29.2. The van der Waals surface area contributed by atoms with E-state index < -0.39 is 12.0 Å². The first kappa shape index (κ1) is 20.0. The number of hydrogen-bond donors (Lipinski definition) is 3. The highest BCUT2D eigenvalue weighted by atomic mass is 16.5. The lowest BCUT2D eigenvalue weighted by Crippen LogP contribution is -2.54. The molecule has 28 heavy (non-hydrogen) atoms. The number of carbonyl (C=O) groups excluding carboxylic acids is 2. The van der Waals surface area contributed by atoms with Crippen LogP contribution in [0.3, 0.4) is 0 Å². The van der Waals surface area contributed by atoms with Gasteiger partial charge < -0.3 is 14.6 Å². The van der Waals surface area contributed by atoms with Crippen LogP contribution >= 0.6 is 0 Å². The van der Waals surface area contributed by atoms with Crippen molar-refractivity contribution in [1.82, 2.24) is 20.4 Å². The molecule has 3 rings (SSSR count). The molecule has 2 heterocycles. The van der Waals surface area contributed by atoms with Gasteiger partial charge in [0.2, 0.25) is 5.91 Å². The molecule has 2 aromatic rings. The lowest BCUT2D eigenvalue weighted by molar-refractivity contribution is -0.119. The zero-order valence-corrected chi connectivity index (χ0v) is 16.4. The molecular weight excluding hydrogens is 358 g/mol. The van der Waals surface area contributed by atoms with Crippen LogP contribution in [0, 0.1) is 0 Å². The average molecular weight is 385 g/mol. The van der Waals surface area contributed by atoms with Gasteiger partial charge in [-0.3, -0.25) is 4.79 Å². The lowest BCUT2D eigenvalue weighted by atomic mass is 10.0. The SMILES string of the molecule is CCc1ccc(NC(=O)C2CCC(n3ccnc3)NN2)c(C(=O)OC(C)C)c1. The van der Waals surface area contributed by atoms with Gasteiger partial charge in [0.05, 0.1) is 29.8 Å². The van der Waals surface area contributed by atoms with Gasteiger partial charge in [0.1, 0.15) is 6.04 Å². The first-order chi connectivity index (χ1) is 13.5. The number of nitrogens with zero attached hydrogens (tertiary/aromatic N) is 2. The Labute approximate surface area is 164 Å². The van der Waals surface area contributed by atoms with Crippen molar-refractivity contribution in [1.29, 1.82) is 0 Å². The largest absolute Gasteiger partial charge is 0.459 e. The highest BCUT2D eigenvalue weighted by Gasteiger charge is 2.27.